The molecule has 0 saturated carbocycles. The van der Waals surface area contributed by atoms with Crippen LogP contribution in [-0.4, -0.2) is 135 Å². The van der Waals surface area contributed by atoms with Crippen LogP contribution < -0.4 is 123 Å². The Morgan fingerprint density at radius 2 is 1.20 bits per heavy atom. The van der Waals surface area contributed by atoms with Crippen LogP contribution in [-0.2, 0) is 55.0 Å². The monoisotopic (exact) mass is 760 g/mol. The number of nitrogens with one attached hydrogen (secondary N) is 1. The second-order valence-corrected chi connectivity index (χ2v) is 11.2. The van der Waals surface area contributed by atoms with Gasteiger partial charge in [0.2, 0.25) is 31.2 Å². The van der Waals surface area contributed by atoms with E-state index in [0.29, 0.717) is 0 Å². The van der Waals surface area contributed by atoms with E-state index in [1.54, 1.807) is 20.8 Å². The van der Waals surface area contributed by atoms with Crippen LogP contribution >= 0.6 is 0 Å². The van der Waals surface area contributed by atoms with Crippen LogP contribution in [0, 0.1) is 13.3 Å². The van der Waals surface area contributed by atoms with Gasteiger partial charge in [0.1, 0.15) is 6.29 Å². The zero-order valence-corrected chi connectivity index (χ0v) is 35.7. The largest absolute Gasteiger partial charge is 1.00 e. The first-order valence-electron chi connectivity index (χ1n) is 10.4. The maximum atomic E-state index is 10.6. The van der Waals surface area contributed by atoms with Gasteiger partial charge in [0.15, 0.2) is 6.29 Å². The van der Waals surface area contributed by atoms with Gasteiger partial charge in [-0.05, 0) is 39.1 Å². The number of aliphatic hydroxyl groups is 3. The molecule has 0 spiro atoms. The Labute approximate surface area is 349 Å². The number of hydrogen-bond donors (Lipinski definition) is 6. The van der Waals surface area contributed by atoms with Gasteiger partial charge in [-0.15, -0.1) is 0 Å². The van der Waals surface area contributed by atoms with Crippen molar-refractivity contribution >= 4 is 31.2 Å². The second-order valence-electron chi connectivity index (χ2n) is 8.67. The van der Waals surface area contributed by atoms with E-state index in [-0.39, 0.29) is 118 Å². The Bertz CT molecular complexity index is 985. The quantitative estimate of drug-likeness (QED) is 0.0378. The van der Waals surface area contributed by atoms with E-state index >= 15 is 0 Å². The second kappa shape index (κ2) is 26.9. The molecular formula is C16H30NNa4O21S3-3. The SMILES string of the molecule is O=S(=O)([O-])O.O=S(=O)([O-])O.O=S(=O)([O-])O.[CH2-]C1O[C@H](O[C@H]2[CH-]C(O)[C@H](OC(C)(C)C)OC2CO[O-])C([NH-])[C@@H](O)[C@@H]1O.[Na+].[Na+].[Na+].[Na+]. The summed E-state index contributed by atoms with van der Waals surface area (Å²) >= 11 is 0. The zero-order chi connectivity index (χ0) is 33.1. The van der Waals surface area contributed by atoms with Crippen molar-refractivity contribution in [1.82, 2.24) is 0 Å². The first-order valence-corrected chi connectivity index (χ1v) is 14.5. The molecule has 2 aliphatic rings. The van der Waals surface area contributed by atoms with Crippen molar-refractivity contribution in [3.8, 4) is 0 Å². The van der Waals surface area contributed by atoms with Crippen molar-refractivity contribution in [2.24, 2.45) is 0 Å². The number of rotatable bonds is 5. The summed E-state index contributed by atoms with van der Waals surface area (Å²) in [6.45, 7) is 8.50. The van der Waals surface area contributed by atoms with Gasteiger partial charge >= 0.3 is 118 Å². The molecule has 29 heteroatoms. The van der Waals surface area contributed by atoms with E-state index in [9.17, 15) is 20.6 Å². The molecule has 22 nitrogen and oxygen atoms in total. The van der Waals surface area contributed by atoms with Gasteiger partial charge in [-0.25, -0.2) is 25.3 Å². The minimum Gasteiger partial charge on any atom is -0.726 e. The van der Waals surface area contributed by atoms with Gasteiger partial charge in [0.25, 0.3) is 0 Å². The molecule has 9 atom stereocenters. The summed E-state index contributed by atoms with van der Waals surface area (Å²) in [6, 6.07) is -1.31. The molecular weight excluding hydrogens is 730 g/mol. The number of hydrogen-bond acceptors (Lipinski definition) is 18. The van der Waals surface area contributed by atoms with Crippen LogP contribution in [0.25, 0.3) is 5.73 Å². The Morgan fingerprint density at radius 1 is 0.822 bits per heavy atom. The van der Waals surface area contributed by atoms with Gasteiger partial charge in [-0.3, -0.25) is 20.1 Å². The molecule has 45 heavy (non-hydrogen) atoms. The van der Waals surface area contributed by atoms with Crippen LogP contribution in [0.5, 0.6) is 0 Å². The zero-order valence-electron chi connectivity index (χ0n) is 25.2. The third kappa shape index (κ3) is 36.8. The standard InChI is InChI=1S/C16H28NO9.4Na.3H2O4S/c1-7-12(19)13(20)11(17)15(23-7)24-9-5-8(18)14(26-16(2,3)4)25-10(9)6-22-21;;;;;3*1-5(2,3)4/h5,7-15,17-21H,1,6H2,2-4H3;;;;;3*(H2,1,2,3,4)/q-3;4*+1;;;/p-4/t7?,8?,9-,10?,11?,12+,13+,14-,15+;;;;;;;/m0......./s1. The predicted molar refractivity (Wildman–Crippen MR) is 122 cm³/mol. The third-order valence-corrected chi connectivity index (χ3v) is 4.04. The molecule has 0 radical (unpaired) electrons. The van der Waals surface area contributed by atoms with Gasteiger partial charge in [0, 0.05) is 0 Å². The van der Waals surface area contributed by atoms with Crippen molar-refractivity contribution in [2.75, 3.05) is 6.61 Å². The molecule has 0 aromatic rings. The summed E-state index contributed by atoms with van der Waals surface area (Å²) in [4.78, 5) is 3.90. The summed E-state index contributed by atoms with van der Waals surface area (Å²) in [6.07, 6.45) is -7.72. The van der Waals surface area contributed by atoms with Crippen molar-refractivity contribution < 1.29 is 215 Å². The van der Waals surface area contributed by atoms with E-state index in [0.717, 1.165) is 0 Å². The van der Waals surface area contributed by atoms with E-state index < -0.39 is 98.7 Å². The topological polar surface area (TPSA) is 386 Å². The summed E-state index contributed by atoms with van der Waals surface area (Å²) < 4.78 is 121. The van der Waals surface area contributed by atoms with E-state index in [4.69, 9.17) is 77.3 Å². The van der Waals surface area contributed by atoms with Gasteiger partial charge in [-0.1, -0.05) is 6.04 Å². The normalized spacial score (nSPS) is 29.8. The van der Waals surface area contributed by atoms with Crippen LogP contribution in [0.3, 0.4) is 0 Å². The Morgan fingerprint density at radius 3 is 1.53 bits per heavy atom. The van der Waals surface area contributed by atoms with Crippen molar-refractivity contribution in [2.45, 2.75) is 81.6 Å². The van der Waals surface area contributed by atoms with Crippen LogP contribution in [0.4, 0.5) is 0 Å². The molecule has 0 aromatic carbocycles. The summed E-state index contributed by atoms with van der Waals surface area (Å²) in [5, 5.41) is 40.4. The molecule has 0 aromatic heterocycles. The minimum atomic E-state index is -4.92. The van der Waals surface area contributed by atoms with E-state index in [1.165, 1.54) is 6.42 Å². The fraction of sp³-hybridized carbons (Fsp3) is 0.875. The summed E-state index contributed by atoms with van der Waals surface area (Å²) in [5.74, 6) is 0. The van der Waals surface area contributed by atoms with E-state index in [2.05, 4.69) is 11.8 Å². The van der Waals surface area contributed by atoms with Crippen molar-refractivity contribution in [3.63, 3.8) is 0 Å². The molecule has 0 bridgehead atoms. The van der Waals surface area contributed by atoms with Crippen LogP contribution in [0.2, 0.25) is 0 Å². The molecule has 7 N–H and O–H groups in total. The maximum Gasteiger partial charge on any atom is 1.00 e. The summed E-state index contributed by atoms with van der Waals surface area (Å²) in [7, 11) is -14.7. The molecule has 4 unspecified atom stereocenters. The fourth-order valence-corrected chi connectivity index (χ4v) is 2.72. The Balaban J connectivity index is -0.000000168. The minimum absolute atomic E-state index is 0. The molecule has 250 valence electrons. The molecule has 0 amide bonds. The number of ether oxygens (including phenoxy) is 4. The van der Waals surface area contributed by atoms with Gasteiger partial charge in [0.05, 0.1) is 30.5 Å². The molecule has 2 saturated heterocycles. The fourth-order valence-electron chi connectivity index (χ4n) is 2.72. The summed E-state index contributed by atoms with van der Waals surface area (Å²) in [5.41, 5.74) is 7.33. The third-order valence-electron chi connectivity index (χ3n) is 4.04. The average Bonchev–Trinajstić information content (AvgIpc) is 2.69. The van der Waals surface area contributed by atoms with E-state index in [1.807, 2.05) is 0 Å². The average molecular weight is 761 g/mol. The predicted octanol–water partition coefficient (Wildman–Crippen LogP) is -16.5. The van der Waals surface area contributed by atoms with Crippen molar-refractivity contribution in [1.29, 1.82) is 0 Å². The van der Waals surface area contributed by atoms with Gasteiger partial charge in [-0.2, -0.15) is 0 Å². The Hall–Kier alpha value is 3.21. The van der Waals surface area contributed by atoms with Crippen molar-refractivity contribution in [3.05, 3.63) is 19.1 Å². The Kier molecular flexibility index (Phi) is 36.1. The van der Waals surface area contributed by atoms with Gasteiger partial charge < -0.3 is 70.7 Å². The smallest absolute Gasteiger partial charge is 0.726 e. The first kappa shape index (κ1) is 60.3. The first-order chi connectivity index (χ1) is 18.0. The molecule has 2 fully saturated rings. The molecule has 2 heterocycles. The number of aliphatic hydroxyl groups excluding tert-OH is 3. The van der Waals surface area contributed by atoms with Crippen LogP contribution in [0.15, 0.2) is 0 Å². The molecule has 2 aliphatic heterocycles. The molecule has 0 aliphatic carbocycles. The maximum absolute atomic E-state index is 10.6. The molecule has 2 rings (SSSR count). The van der Waals surface area contributed by atoms with Crippen LogP contribution in [0.1, 0.15) is 20.8 Å².